The molecule has 0 spiro atoms. The first-order valence-corrected chi connectivity index (χ1v) is 8.33. The van der Waals surface area contributed by atoms with E-state index in [1.165, 1.54) is 0 Å². The molecule has 1 N–H and O–H groups in total. The van der Waals surface area contributed by atoms with Crippen molar-refractivity contribution in [3.8, 4) is 0 Å². The van der Waals surface area contributed by atoms with E-state index in [-0.39, 0.29) is 17.9 Å². The molecule has 0 bridgehead atoms. The molecule has 0 aliphatic carbocycles. The summed E-state index contributed by atoms with van der Waals surface area (Å²) in [6.07, 6.45) is 1.47. The third-order valence-electron chi connectivity index (χ3n) is 4.32. The molecule has 3 rings (SSSR count). The van der Waals surface area contributed by atoms with Crippen LogP contribution >= 0.6 is 11.6 Å². The number of benzene rings is 2. The van der Waals surface area contributed by atoms with Gasteiger partial charge in [0.25, 0.3) is 5.91 Å². The molecule has 2 aromatic carbocycles. The van der Waals surface area contributed by atoms with Gasteiger partial charge in [0.15, 0.2) is 0 Å². The smallest absolute Gasteiger partial charge is 0.255 e. The van der Waals surface area contributed by atoms with Gasteiger partial charge in [-0.05, 0) is 68.3 Å². The number of nitrogens with zero attached hydrogens (tertiary/aromatic N) is 1. The van der Waals surface area contributed by atoms with Crippen molar-refractivity contribution < 1.29 is 9.59 Å². The Kier molecular flexibility index (Phi) is 4.58. The van der Waals surface area contributed by atoms with Crippen LogP contribution in [0.15, 0.2) is 42.5 Å². The number of halogens is 1. The number of hydrogen-bond acceptors (Lipinski definition) is 2. The van der Waals surface area contributed by atoms with E-state index >= 15 is 0 Å². The van der Waals surface area contributed by atoms with E-state index in [1.54, 1.807) is 18.2 Å². The lowest BCUT2D eigenvalue weighted by Crippen LogP contribution is -2.30. The summed E-state index contributed by atoms with van der Waals surface area (Å²) >= 11 is 5.92. The third-order valence-corrected chi connectivity index (χ3v) is 4.56. The predicted octanol–water partition coefficient (Wildman–Crippen LogP) is 4.42. The van der Waals surface area contributed by atoms with E-state index in [4.69, 9.17) is 11.6 Å². The highest BCUT2D eigenvalue weighted by atomic mass is 35.5. The van der Waals surface area contributed by atoms with Gasteiger partial charge in [0.1, 0.15) is 0 Å². The Hall–Kier alpha value is -2.33. The van der Waals surface area contributed by atoms with E-state index in [9.17, 15) is 9.59 Å². The second-order valence-electron chi connectivity index (χ2n) is 6.11. The molecule has 1 atom stereocenters. The molecule has 124 valence electrons. The molecule has 1 fully saturated rings. The second-order valence-corrected chi connectivity index (χ2v) is 6.55. The van der Waals surface area contributed by atoms with E-state index in [0.29, 0.717) is 22.7 Å². The fourth-order valence-corrected chi connectivity index (χ4v) is 3.24. The summed E-state index contributed by atoms with van der Waals surface area (Å²) in [5.74, 6) is -0.0291. The van der Waals surface area contributed by atoms with Crippen LogP contribution in [-0.4, -0.2) is 17.9 Å². The van der Waals surface area contributed by atoms with Crippen LogP contribution in [0.1, 0.15) is 35.7 Å². The van der Waals surface area contributed by atoms with Gasteiger partial charge >= 0.3 is 0 Å². The van der Waals surface area contributed by atoms with E-state index < -0.39 is 0 Å². The number of rotatable bonds is 3. The lowest BCUT2D eigenvalue weighted by Gasteiger charge is -2.22. The van der Waals surface area contributed by atoms with Crippen molar-refractivity contribution in [2.24, 2.45) is 0 Å². The first kappa shape index (κ1) is 16.5. The number of anilines is 2. The Morgan fingerprint density at radius 1 is 1.21 bits per heavy atom. The molecule has 1 saturated heterocycles. The van der Waals surface area contributed by atoms with Crippen LogP contribution in [0.5, 0.6) is 0 Å². The molecule has 1 unspecified atom stereocenters. The van der Waals surface area contributed by atoms with Crippen molar-refractivity contribution in [1.82, 2.24) is 0 Å². The van der Waals surface area contributed by atoms with Gasteiger partial charge in [-0.25, -0.2) is 0 Å². The molecule has 0 radical (unpaired) electrons. The minimum atomic E-state index is -0.178. The van der Waals surface area contributed by atoms with Crippen molar-refractivity contribution in [2.45, 2.75) is 32.7 Å². The molecule has 4 nitrogen and oxygen atoms in total. The molecule has 1 heterocycles. The molecular weight excluding hydrogens is 324 g/mol. The maximum atomic E-state index is 12.4. The van der Waals surface area contributed by atoms with Crippen LogP contribution in [0.3, 0.4) is 0 Å². The molecule has 0 saturated carbocycles. The van der Waals surface area contributed by atoms with Crippen molar-refractivity contribution in [3.63, 3.8) is 0 Å². The second kappa shape index (κ2) is 6.65. The average molecular weight is 343 g/mol. The van der Waals surface area contributed by atoms with E-state index in [2.05, 4.69) is 5.32 Å². The quantitative estimate of drug-likeness (QED) is 0.897. The number of hydrogen-bond donors (Lipinski definition) is 1. The minimum Gasteiger partial charge on any atom is -0.322 e. The van der Waals surface area contributed by atoms with Gasteiger partial charge < -0.3 is 10.2 Å². The largest absolute Gasteiger partial charge is 0.322 e. The topological polar surface area (TPSA) is 49.4 Å². The van der Waals surface area contributed by atoms with E-state index in [0.717, 1.165) is 17.7 Å². The molecule has 1 aliphatic rings. The maximum absolute atomic E-state index is 12.4. The number of nitrogens with one attached hydrogen (secondary N) is 1. The SMILES string of the molecule is Cc1cc(Cl)ccc1C(=O)Nc1ccc(N2C(=O)CCC2C)cc1. The van der Waals surface area contributed by atoms with Crippen LogP contribution in [0, 0.1) is 6.92 Å². The summed E-state index contributed by atoms with van der Waals surface area (Å²) in [6.45, 7) is 3.90. The van der Waals surface area contributed by atoms with Crippen LogP contribution in [0.25, 0.3) is 0 Å². The van der Waals surface area contributed by atoms with Crippen LogP contribution < -0.4 is 10.2 Å². The van der Waals surface area contributed by atoms with Gasteiger partial charge in [-0.1, -0.05) is 11.6 Å². The summed E-state index contributed by atoms with van der Waals surface area (Å²) in [7, 11) is 0. The molecular formula is C19H19ClN2O2. The van der Waals surface area contributed by atoms with Crippen LogP contribution in [-0.2, 0) is 4.79 Å². The summed E-state index contributed by atoms with van der Waals surface area (Å²) < 4.78 is 0. The Morgan fingerprint density at radius 2 is 1.92 bits per heavy atom. The first-order chi connectivity index (χ1) is 11.5. The zero-order valence-electron chi connectivity index (χ0n) is 13.7. The summed E-state index contributed by atoms with van der Waals surface area (Å²) in [4.78, 5) is 26.1. The maximum Gasteiger partial charge on any atom is 0.255 e. The monoisotopic (exact) mass is 342 g/mol. The molecule has 2 amide bonds. The van der Waals surface area contributed by atoms with Crippen molar-refractivity contribution in [1.29, 1.82) is 0 Å². The van der Waals surface area contributed by atoms with Crippen molar-refractivity contribution in [3.05, 3.63) is 58.6 Å². The van der Waals surface area contributed by atoms with Crippen molar-refractivity contribution >= 4 is 34.8 Å². The van der Waals surface area contributed by atoms with Crippen molar-refractivity contribution in [2.75, 3.05) is 10.2 Å². The van der Waals surface area contributed by atoms with Gasteiger partial charge in [-0.3, -0.25) is 9.59 Å². The normalized spacial score (nSPS) is 17.2. The fourth-order valence-electron chi connectivity index (χ4n) is 3.01. The van der Waals surface area contributed by atoms with Crippen LogP contribution in [0.2, 0.25) is 5.02 Å². The summed E-state index contributed by atoms with van der Waals surface area (Å²) in [6, 6.07) is 12.8. The van der Waals surface area contributed by atoms with Gasteiger partial charge in [0.05, 0.1) is 0 Å². The number of carbonyl (C=O) groups excluding carboxylic acids is 2. The lowest BCUT2D eigenvalue weighted by molar-refractivity contribution is -0.117. The minimum absolute atomic E-state index is 0.149. The first-order valence-electron chi connectivity index (χ1n) is 7.95. The van der Waals surface area contributed by atoms with Gasteiger partial charge in [0.2, 0.25) is 5.91 Å². The Balaban J connectivity index is 1.74. The highest BCUT2D eigenvalue weighted by Crippen LogP contribution is 2.27. The van der Waals surface area contributed by atoms with Crippen LogP contribution in [0.4, 0.5) is 11.4 Å². The standard InChI is InChI=1S/C19H19ClN2O2/c1-12-11-14(20)4-9-17(12)19(24)21-15-5-7-16(8-6-15)22-13(2)3-10-18(22)23/h4-9,11,13H,3,10H2,1-2H3,(H,21,24). The summed E-state index contributed by atoms with van der Waals surface area (Å²) in [5, 5.41) is 3.48. The van der Waals surface area contributed by atoms with E-state index in [1.807, 2.05) is 43.0 Å². The lowest BCUT2D eigenvalue weighted by atomic mass is 10.1. The summed E-state index contributed by atoms with van der Waals surface area (Å²) in [5.41, 5.74) is 2.97. The Bertz CT molecular complexity index is 786. The number of aryl methyl sites for hydroxylation is 1. The highest BCUT2D eigenvalue weighted by molar-refractivity contribution is 6.30. The molecule has 0 aromatic heterocycles. The highest BCUT2D eigenvalue weighted by Gasteiger charge is 2.28. The fraction of sp³-hybridized carbons (Fsp3) is 0.263. The molecule has 5 heteroatoms. The zero-order chi connectivity index (χ0) is 17.3. The third kappa shape index (κ3) is 3.29. The molecule has 2 aromatic rings. The zero-order valence-corrected chi connectivity index (χ0v) is 14.4. The average Bonchev–Trinajstić information content (AvgIpc) is 2.87. The van der Waals surface area contributed by atoms with Gasteiger partial charge in [-0.15, -0.1) is 0 Å². The predicted molar refractivity (Wildman–Crippen MR) is 96.8 cm³/mol. The van der Waals surface area contributed by atoms with Gasteiger partial charge in [-0.2, -0.15) is 0 Å². The Morgan fingerprint density at radius 3 is 2.50 bits per heavy atom. The number of amides is 2. The number of carbonyl (C=O) groups is 2. The Labute approximate surface area is 146 Å². The molecule has 1 aliphatic heterocycles. The van der Waals surface area contributed by atoms with Gasteiger partial charge in [0, 0.05) is 34.4 Å². The molecule has 24 heavy (non-hydrogen) atoms.